The number of anilines is 1. The molecule has 2 aromatic heterocycles. The van der Waals surface area contributed by atoms with Crippen molar-refractivity contribution in [2.24, 2.45) is 0 Å². The second-order valence-corrected chi connectivity index (χ2v) is 7.79. The third-order valence-corrected chi connectivity index (χ3v) is 5.22. The van der Waals surface area contributed by atoms with Gasteiger partial charge in [0.05, 0.1) is 0 Å². The molecule has 0 fully saturated rings. The normalized spacial score (nSPS) is 15.0. The molecule has 8 heteroatoms. The SMILES string of the molecule is C=CCSc1nnc2c(n1)O[C@H](c1cccc(C)n1)Nc1ccc(Br)cc1-2. The van der Waals surface area contributed by atoms with Crippen LogP contribution in [-0.4, -0.2) is 25.9 Å². The number of thioether (sulfide) groups is 1. The Morgan fingerprint density at radius 1 is 1.26 bits per heavy atom. The topological polar surface area (TPSA) is 72.8 Å². The molecule has 0 aliphatic carbocycles. The van der Waals surface area contributed by atoms with Gasteiger partial charge in [0, 0.05) is 27.2 Å². The van der Waals surface area contributed by atoms with Crippen LogP contribution in [0.3, 0.4) is 0 Å². The molecule has 1 aromatic carbocycles. The van der Waals surface area contributed by atoms with Gasteiger partial charge < -0.3 is 10.1 Å². The summed E-state index contributed by atoms with van der Waals surface area (Å²) in [6.07, 6.45) is 1.31. The minimum atomic E-state index is -0.486. The Morgan fingerprint density at radius 3 is 2.96 bits per heavy atom. The first kappa shape index (κ1) is 17.9. The van der Waals surface area contributed by atoms with Crippen molar-refractivity contribution >= 4 is 33.4 Å². The Labute approximate surface area is 169 Å². The highest BCUT2D eigenvalue weighted by molar-refractivity contribution is 9.10. The second-order valence-electron chi connectivity index (χ2n) is 5.88. The molecule has 27 heavy (non-hydrogen) atoms. The molecule has 6 nitrogen and oxygen atoms in total. The number of nitrogens with one attached hydrogen (secondary N) is 1. The van der Waals surface area contributed by atoms with Crippen molar-refractivity contribution in [1.82, 2.24) is 20.2 Å². The fourth-order valence-electron chi connectivity index (χ4n) is 2.71. The molecular weight excluding hydrogens is 426 g/mol. The number of nitrogens with zero attached hydrogens (tertiary/aromatic N) is 4. The first-order valence-electron chi connectivity index (χ1n) is 8.29. The number of hydrogen-bond acceptors (Lipinski definition) is 7. The minimum absolute atomic E-state index is 0.425. The van der Waals surface area contributed by atoms with Gasteiger partial charge in [0.25, 0.3) is 0 Å². The summed E-state index contributed by atoms with van der Waals surface area (Å²) in [5.74, 6) is 1.12. The monoisotopic (exact) mass is 441 g/mol. The Balaban J connectivity index is 1.83. The molecule has 3 heterocycles. The highest BCUT2D eigenvalue weighted by Crippen LogP contribution is 2.40. The zero-order valence-electron chi connectivity index (χ0n) is 14.5. The predicted molar refractivity (Wildman–Crippen MR) is 110 cm³/mol. The molecule has 4 rings (SSSR count). The number of benzene rings is 1. The van der Waals surface area contributed by atoms with Crippen LogP contribution in [0.1, 0.15) is 17.6 Å². The summed E-state index contributed by atoms with van der Waals surface area (Å²) in [6.45, 7) is 5.68. The largest absolute Gasteiger partial charge is 0.446 e. The number of fused-ring (bicyclic) bond motifs is 3. The molecule has 0 saturated carbocycles. The van der Waals surface area contributed by atoms with E-state index in [0.717, 1.165) is 27.1 Å². The van der Waals surface area contributed by atoms with Crippen LogP contribution < -0.4 is 10.1 Å². The van der Waals surface area contributed by atoms with E-state index in [2.05, 4.69) is 48.0 Å². The average Bonchev–Trinajstić information content (AvgIpc) is 2.82. The van der Waals surface area contributed by atoms with Crippen LogP contribution in [0.4, 0.5) is 5.69 Å². The lowest BCUT2D eigenvalue weighted by molar-refractivity contribution is 0.220. The number of pyridine rings is 1. The molecule has 1 aliphatic rings. The van der Waals surface area contributed by atoms with Crippen molar-refractivity contribution in [1.29, 1.82) is 0 Å². The summed E-state index contributed by atoms with van der Waals surface area (Å²) >= 11 is 4.98. The van der Waals surface area contributed by atoms with E-state index in [-0.39, 0.29) is 0 Å². The van der Waals surface area contributed by atoms with Crippen LogP contribution in [0.5, 0.6) is 5.88 Å². The summed E-state index contributed by atoms with van der Waals surface area (Å²) in [6, 6.07) is 11.8. The van der Waals surface area contributed by atoms with E-state index >= 15 is 0 Å². The quantitative estimate of drug-likeness (QED) is 0.460. The Hall–Kier alpha value is -2.45. The van der Waals surface area contributed by atoms with Crippen molar-refractivity contribution in [3.63, 3.8) is 0 Å². The zero-order valence-corrected chi connectivity index (χ0v) is 16.9. The van der Waals surface area contributed by atoms with Gasteiger partial charge in [-0.05, 0) is 37.3 Å². The van der Waals surface area contributed by atoms with E-state index in [1.807, 2.05) is 43.3 Å². The molecule has 0 bridgehead atoms. The number of aromatic nitrogens is 4. The molecular formula is C19H16BrN5OS. The molecule has 136 valence electrons. The fraction of sp³-hybridized carbons (Fsp3) is 0.158. The van der Waals surface area contributed by atoms with Gasteiger partial charge in [0.1, 0.15) is 5.69 Å². The van der Waals surface area contributed by atoms with Gasteiger partial charge in [-0.3, -0.25) is 4.98 Å². The minimum Gasteiger partial charge on any atom is -0.446 e. The van der Waals surface area contributed by atoms with Gasteiger partial charge in [-0.2, -0.15) is 4.98 Å². The highest BCUT2D eigenvalue weighted by Gasteiger charge is 2.27. The van der Waals surface area contributed by atoms with Crippen LogP contribution in [0.25, 0.3) is 11.3 Å². The summed E-state index contributed by atoms with van der Waals surface area (Å²) in [5.41, 5.74) is 4.04. The molecule has 0 saturated heterocycles. The third-order valence-electron chi connectivity index (χ3n) is 3.90. The number of hydrogen-bond donors (Lipinski definition) is 1. The lowest BCUT2D eigenvalue weighted by Gasteiger charge is -2.18. The number of ether oxygens (including phenoxy) is 1. The predicted octanol–water partition coefficient (Wildman–Crippen LogP) is 4.79. The van der Waals surface area contributed by atoms with E-state index in [1.54, 1.807) is 6.08 Å². The molecule has 1 N–H and O–H groups in total. The third kappa shape index (κ3) is 3.81. The van der Waals surface area contributed by atoms with E-state index in [1.165, 1.54) is 11.8 Å². The van der Waals surface area contributed by atoms with Gasteiger partial charge in [-0.15, -0.1) is 16.8 Å². The van der Waals surface area contributed by atoms with E-state index in [4.69, 9.17) is 4.74 Å². The summed E-state index contributed by atoms with van der Waals surface area (Å²) in [7, 11) is 0. The molecule has 0 unspecified atom stereocenters. The smallest absolute Gasteiger partial charge is 0.247 e. The summed E-state index contributed by atoms with van der Waals surface area (Å²) in [5, 5.41) is 12.6. The van der Waals surface area contributed by atoms with Crippen molar-refractivity contribution in [3.8, 4) is 17.1 Å². The van der Waals surface area contributed by atoms with Crippen molar-refractivity contribution in [3.05, 3.63) is 64.9 Å². The van der Waals surface area contributed by atoms with Gasteiger partial charge in [-0.25, -0.2) is 0 Å². The van der Waals surface area contributed by atoms with Crippen LogP contribution in [-0.2, 0) is 0 Å². The Morgan fingerprint density at radius 2 is 2.15 bits per heavy atom. The molecule has 0 amide bonds. The average molecular weight is 442 g/mol. The maximum atomic E-state index is 6.20. The lowest BCUT2D eigenvalue weighted by atomic mass is 10.1. The molecule has 0 radical (unpaired) electrons. The van der Waals surface area contributed by atoms with Crippen LogP contribution in [0.2, 0.25) is 0 Å². The fourth-order valence-corrected chi connectivity index (χ4v) is 3.58. The van der Waals surface area contributed by atoms with E-state index in [9.17, 15) is 0 Å². The van der Waals surface area contributed by atoms with Crippen LogP contribution >= 0.6 is 27.7 Å². The van der Waals surface area contributed by atoms with Crippen LogP contribution in [0.15, 0.2) is 58.7 Å². The Kier molecular flexibility index (Phi) is 5.09. The molecule has 0 spiro atoms. The molecule has 1 atom stereocenters. The van der Waals surface area contributed by atoms with Crippen molar-refractivity contribution in [2.45, 2.75) is 18.3 Å². The summed E-state index contributed by atoms with van der Waals surface area (Å²) < 4.78 is 7.14. The standard InChI is InChI=1S/C19H16BrN5OS/c1-3-9-27-19-23-18-16(24-25-19)13-10-12(20)7-8-14(13)22-17(26-18)15-6-4-5-11(2)21-15/h3-8,10,17,22H,1,9H2,2H3/t17-/m1/s1. The Bertz CT molecular complexity index is 1010. The number of aryl methyl sites for hydroxylation is 1. The first-order chi connectivity index (χ1) is 13.1. The second kappa shape index (κ2) is 7.66. The van der Waals surface area contributed by atoms with E-state index < -0.39 is 6.23 Å². The number of halogens is 1. The van der Waals surface area contributed by atoms with Gasteiger partial charge in [0.2, 0.25) is 17.3 Å². The maximum absolute atomic E-state index is 6.20. The van der Waals surface area contributed by atoms with Crippen molar-refractivity contribution in [2.75, 3.05) is 11.1 Å². The van der Waals surface area contributed by atoms with Crippen molar-refractivity contribution < 1.29 is 4.74 Å². The summed E-state index contributed by atoms with van der Waals surface area (Å²) in [4.78, 5) is 9.17. The van der Waals surface area contributed by atoms with Gasteiger partial charge in [-0.1, -0.05) is 39.8 Å². The first-order valence-corrected chi connectivity index (χ1v) is 10.1. The maximum Gasteiger partial charge on any atom is 0.247 e. The highest BCUT2D eigenvalue weighted by atomic mass is 79.9. The van der Waals surface area contributed by atoms with Gasteiger partial charge in [0.15, 0.2) is 5.69 Å². The number of rotatable bonds is 4. The molecule has 3 aromatic rings. The lowest BCUT2D eigenvalue weighted by Crippen LogP contribution is -2.18. The van der Waals surface area contributed by atoms with Gasteiger partial charge >= 0.3 is 0 Å². The van der Waals surface area contributed by atoms with Crippen LogP contribution in [0, 0.1) is 6.92 Å². The molecule has 1 aliphatic heterocycles. The zero-order chi connectivity index (χ0) is 18.8. The van der Waals surface area contributed by atoms with E-state index in [0.29, 0.717) is 22.5 Å².